The van der Waals surface area contributed by atoms with Gasteiger partial charge in [0.2, 0.25) is 5.95 Å². The van der Waals surface area contributed by atoms with Gasteiger partial charge in [-0.15, -0.1) is 0 Å². The van der Waals surface area contributed by atoms with E-state index >= 15 is 0 Å². The van der Waals surface area contributed by atoms with Crippen LogP contribution in [0, 0.1) is 11.7 Å². The van der Waals surface area contributed by atoms with Gasteiger partial charge in [-0.1, -0.05) is 23.2 Å². The molecule has 0 atom stereocenters. The molecule has 1 saturated heterocycles. The molecule has 2 heterocycles. The number of hydrogen-bond acceptors (Lipinski definition) is 4. The van der Waals surface area contributed by atoms with E-state index in [4.69, 9.17) is 28.9 Å². The topological polar surface area (TPSA) is 59.1 Å². The Morgan fingerprint density at radius 1 is 1.12 bits per heavy atom. The Hall–Kier alpha value is -2.23. The first-order valence-corrected chi connectivity index (χ1v) is 10.8. The molecule has 1 aromatic heterocycles. The summed E-state index contributed by atoms with van der Waals surface area (Å²) in [4.78, 5) is 6.40. The molecule has 0 amide bonds. The molecule has 3 N–H and O–H groups in total. The molecule has 0 radical (unpaired) electrons. The van der Waals surface area contributed by atoms with Gasteiger partial charge in [-0.3, -0.25) is 0 Å². The van der Waals surface area contributed by atoms with Crippen molar-refractivity contribution in [2.45, 2.75) is 25.6 Å². The van der Waals surface area contributed by atoms with Gasteiger partial charge in [0.15, 0.2) is 0 Å². The fourth-order valence-corrected chi connectivity index (χ4v) is 4.45. The molecule has 1 aliphatic heterocycles. The largest absolute Gasteiger partial charge is 0.391 e. The zero-order valence-corrected chi connectivity index (χ0v) is 18.6. The van der Waals surface area contributed by atoms with Crippen LogP contribution in [0.3, 0.4) is 0 Å². The smallest absolute Gasteiger partial charge is 0.370 e. The molecule has 4 rings (SSSR count). The van der Waals surface area contributed by atoms with Crippen molar-refractivity contribution in [1.29, 1.82) is 0 Å². The highest BCUT2D eigenvalue weighted by atomic mass is 35.5. The minimum absolute atomic E-state index is 0.0181. The predicted octanol–water partition coefficient (Wildman–Crippen LogP) is 6.00. The fourth-order valence-electron chi connectivity index (χ4n) is 3.97. The summed E-state index contributed by atoms with van der Waals surface area (Å²) >= 11 is 12.6. The first-order valence-electron chi connectivity index (χ1n) is 10.0. The van der Waals surface area contributed by atoms with Gasteiger partial charge in [-0.05, 0) is 37.1 Å². The quantitative estimate of drug-likeness (QED) is 0.441. The zero-order valence-electron chi connectivity index (χ0n) is 17.1. The lowest BCUT2D eigenvalue weighted by Gasteiger charge is -2.34. The molecule has 0 bridgehead atoms. The number of aryl methyl sites for hydroxylation is 1. The molecule has 172 valence electrons. The standard InChI is InChI=1S/C21H21Cl2F4N5/c1-31-19-9-18(32-4-2-12(3-5-32)21(25,26)27)14(23)8-17(19)30-20(31)29-16-6-11(10-28)15(24)7-13(16)22/h6-9,12H,2-5,10,28H2,1H3,(H,29,30). The number of rotatable bonds is 4. The maximum atomic E-state index is 13.9. The first-order chi connectivity index (χ1) is 15.1. The summed E-state index contributed by atoms with van der Waals surface area (Å²) in [7, 11) is 1.78. The van der Waals surface area contributed by atoms with Gasteiger partial charge in [-0.2, -0.15) is 13.2 Å². The summed E-state index contributed by atoms with van der Waals surface area (Å²) in [5.41, 5.74) is 8.34. The Morgan fingerprint density at radius 2 is 1.81 bits per heavy atom. The Kier molecular flexibility index (Phi) is 6.17. The van der Waals surface area contributed by atoms with Gasteiger partial charge < -0.3 is 20.5 Å². The van der Waals surface area contributed by atoms with Crippen molar-refractivity contribution in [3.63, 3.8) is 0 Å². The predicted molar refractivity (Wildman–Crippen MR) is 119 cm³/mol. The Bertz CT molecular complexity index is 1150. The van der Waals surface area contributed by atoms with Crippen LogP contribution in [-0.4, -0.2) is 28.8 Å². The van der Waals surface area contributed by atoms with Crippen LogP contribution in [-0.2, 0) is 13.6 Å². The summed E-state index contributed by atoms with van der Waals surface area (Å²) in [6.45, 7) is 0.557. The van der Waals surface area contributed by atoms with Crippen LogP contribution in [0.1, 0.15) is 18.4 Å². The van der Waals surface area contributed by atoms with E-state index in [1.54, 1.807) is 17.7 Å². The second-order valence-electron chi connectivity index (χ2n) is 7.84. The van der Waals surface area contributed by atoms with E-state index < -0.39 is 17.9 Å². The molecule has 2 aromatic carbocycles. The Morgan fingerprint density at radius 3 is 2.44 bits per heavy atom. The van der Waals surface area contributed by atoms with Gasteiger partial charge >= 0.3 is 6.18 Å². The Balaban J connectivity index is 1.63. The number of piperidine rings is 1. The highest BCUT2D eigenvalue weighted by Crippen LogP contribution is 2.39. The first kappa shape index (κ1) is 22.9. The molecule has 3 aromatic rings. The van der Waals surface area contributed by atoms with Crippen molar-refractivity contribution in [2.24, 2.45) is 18.7 Å². The SMILES string of the molecule is Cn1c(Nc2cc(CN)c(F)cc2Cl)nc2cc(Cl)c(N3CCC(C(F)(F)F)CC3)cc21. The maximum absolute atomic E-state index is 13.9. The van der Waals surface area contributed by atoms with Crippen LogP contribution in [0.25, 0.3) is 11.0 Å². The third kappa shape index (κ3) is 4.33. The number of fused-ring (bicyclic) bond motifs is 1. The molecule has 0 saturated carbocycles. The van der Waals surface area contributed by atoms with Gasteiger partial charge in [0.25, 0.3) is 0 Å². The van der Waals surface area contributed by atoms with Crippen LogP contribution in [0.4, 0.5) is 34.9 Å². The summed E-state index contributed by atoms with van der Waals surface area (Å²) in [6, 6.07) is 6.22. The number of aromatic nitrogens is 2. The van der Waals surface area contributed by atoms with Crippen molar-refractivity contribution in [2.75, 3.05) is 23.3 Å². The van der Waals surface area contributed by atoms with E-state index in [-0.39, 0.29) is 37.5 Å². The van der Waals surface area contributed by atoms with E-state index in [9.17, 15) is 17.6 Å². The number of nitrogens with two attached hydrogens (primary N) is 1. The molecular formula is C21H21Cl2F4N5. The minimum atomic E-state index is -4.17. The number of anilines is 3. The molecule has 1 aliphatic rings. The van der Waals surface area contributed by atoms with Crippen molar-refractivity contribution in [1.82, 2.24) is 9.55 Å². The maximum Gasteiger partial charge on any atom is 0.391 e. The number of imidazole rings is 1. The highest BCUT2D eigenvalue weighted by molar-refractivity contribution is 6.34. The monoisotopic (exact) mass is 489 g/mol. The van der Waals surface area contributed by atoms with E-state index in [1.165, 1.54) is 12.1 Å². The number of halogens is 6. The second-order valence-corrected chi connectivity index (χ2v) is 8.66. The van der Waals surface area contributed by atoms with E-state index in [2.05, 4.69) is 10.3 Å². The lowest BCUT2D eigenvalue weighted by molar-refractivity contribution is -0.179. The lowest BCUT2D eigenvalue weighted by atomic mass is 9.96. The normalized spacial score (nSPS) is 15.6. The average molecular weight is 490 g/mol. The van der Waals surface area contributed by atoms with Crippen molar-refractivity contribution in [3.05, 3.63) is 45.7 Å². The molecule has 0 aliphatic carbocycles. The fraction of sp³-hybridized carbons (Fsp3) is 0.381. The molecule has 11 heteroatoms. The second kappa shape index (κ2) is 8.61. The average Bonchev–Trinajstić information content (AvgIpc) is 3.03. The van der Waals surface area contributed by atoms with Crippen molar-refractivity contribution < 1.29 is 17.6 Å². The third-order valence-corrected chi connectivity index (χ3v) is 6.47. The zero-order chi connectivity index (χ0) is 23.2. The Labute approximate surface area is 192 Å². The van der Waals surface area contributed by atoms with E-state index in [1.807, 2.05) is 11.0 Å². The van der Waals surface area contributed by atoms with Crippen LogP contribution in [0.2, 0.25) is 10.0 Å². The lowest BCUT2D eigenvalue weighted by Crippen LogP contribution is -2.39. The van der Waals surface area contributed by atoms with Crippen LogP contribution >= 0.6 is 23.2 Å². The third-order valence-electron chi connectivity index (χ3n) is 5.85. The number of nitrogens with one attached hydrogen (secondary N) is 1. The minimum Gasteiger partial charge on any atom is -0.370 e. The summed E-state index contributed by atoms with van der Waals surface area (Å²) < 4.78 is 54.6. The number of hydrogen-bond donors (Lipinski definition) is 2. The number of alkyl halides is 3. The molecule has 1 fully saturated rings. The van der Waals surface area contributed by atoms with Crippen LogP contribution in [0.15, 0.2) is 24.3 Å². The number of benzene rings is 2. The van der Waals surface area contributed by atoms with E-state index in [0.717, 1.165) is 5.52 Å². The van der Waals surface area contributed by atoms with Crippen LogP contribution in [0.5, 0.6) is 0 Å². The van der Waals surface area contributed by atoms with Gasteiger partial charge in [0.1, 0.15) is 5.82 Å². The molecule has 5 nitrogen and oxygen atoms in total. The molecule has 32 heavy (non-hydrogen) atoms. The summed E-state index contributed by atoms with van der Waals surface area (Å²) in [5, 5.41) is 3.68. The van der Waals surface area contributed by atoms with Gasteiger partial charge in [0, 0.05) is 32.2 Å². The summed E-state index contributed by atoms with van der Waals surface area (Å²) in [5.74, 6) is -1.33. The number of nitrogens with zero attached hydrogens (tertiary/aromatic N) is 3. The van der Waals surface area contributed by atoms with Gasteiger partial charge in [-0.25, -0.2) is 9.37 Å². The summed E-state index contributed by atoms with van der Waals surface area (Å²) in [6.07, 6.45) is -4.11. The molecule has 0 spiro atoms. The highest BCUT2D eigenvalue weighted by Gasteiger charge is 2.41. The van der Waals surface area contributed by atoms with Crippen molar-refractivity contribution >= 4 is 51.6 Å². The van der Waals surface area contributed by atoms with Crippen LogP contribution < -0.4 is 16.0 Å². The van der Waals surface area contributed by atoms with Gasteiger partial charge in [0.05, 0.1) is 38.4 Å². The van der Waals surface area contributed by atoms with E-state index in [0.29, 0.717) is 33.4 Å². The molecular weight excluding hydrogens is 469 g/mol. The van der Waals surface area contributed by atoms with Crippen molar-refractivity contribution in [3.8, 4) is 0 Å². The molecule has 0 unspecified atom stereocenters.